The third-order valence-electron chi connectivity index (χ3n) is 1.36. The average molecular weight is 172 g/mol. The number of halogens is 1. The zero-order chi connectivity index (χ0) is 8.43. The van der Waals surface area contributed by atoms with Gasteiger partial charge in [-0.15, -0.1) is 0 Å². The van der Waals surface area contributed by atoms with Crippen molar-refractivity contribution in [3.63, 3.8) is 0 Å². The first kappa shape index (κ1) is 8.01. The first-order valence-electron chi connectivity index (χ1n) is 2.99. The summed E-state index contributed by atoms with van der Waals surface area (Å²) in [7, 11) is 0. The van der Waals surface area contributed by atoms with Crippen molar-refractivity contribution in [2.45, 2.75) is 6.92 Å². The standard InChI is InChI=1S/C7H6ClNO2/c1-4-2-9-5(3-10)6(8)7(4)11/h2-3H,1H3,(H,9,11). The molecular formula is C7H6ClNO2. The lowest BCUT2D eigenvalue weighted by Gasteiger charge is -1.95. The van der Waals surface area contributed by atoms with Gasteiger partial charge in [-0.3, -0.25) is 9.59 Å². The van der Waals surface area contributed by atoms with E-state index in [0.29, 0.717) is 11.8 Å². The SMILES string of the molecule is Cc1c[nH]c(C=O)c(Cl)c1=O. The molecule has 0 amide bonds. The zero-order valence-corrected chi connectivity index (χ0v) is 6.61. The number of carbonyl (C=O) groups is 1. The Morgan fingerprint density at radius 2 is 2.27 bits per heavy atom. The molecular weight excluding hydrogens is 166 g/mol. The van der Waals surface area contributed by atoms with Gasteiger partial charge in [-0.05, 0) is 6.92 Å². The molecule has 0 bridgehead atoms. The number of nitrogens with one attached hydrogen (secondary N) is 1. The molecule has 0 aromatic carbocycles. The van der Waals surface area contributed by atoms with Crippen LogP contribution in [0.2, 0.25) is 5.02 Å². The fourth-order valence-electron chi connectivity index (χ4n) is 0.696. The van der Waals surface area contributed by atoms with Gasteiger partial charge >= 0.3 is 0 Å². The number of hydrogen-bond donors (Lipinski definition) is 1. The summed E-state index contributed by atoms with van der Waals surface area (Å²) >= 11 is 5.52. The van der Waals surface area contributed by atoms with E-state index in [2.05, 4.69) is 4.98 Å². The molecule has 3 nitrogen and oxygen atoms in total. The number of aldehydes is 1. The number of rotatable bonds is 1. The minimum atomic E-state index is -0.299. The highest BCUT2D eigenvalue weighted by atomic mass is 35.5. The van der Waals surface area contributed by atoms with Gasteiger partial charge in [-0.25, -0.2) is 0 Å². The Morgan fingerprint density at radius 1 is 1.64 bits per heavy atom. The van der Waals surface area contributed by atoms with Crippen molar-refractivity contribution in [2.75, 3.05) is 0 Å². The molecule has 1 rings (SSSR count). The molecule has 11 heavy (non-hydrogen) atoms. The van der Waals surface area contributed by atoms with Gasteiger partial charge in [0, 0.05) is 11.8 Å². The van der Waals surface area contributed by atoms with Gasteiger partial charge in [-0.1, -0.05) is 11.6 Å². The Morgan fingerprint density at radius 3 is 2.82 bits per heavy atom. The molecule has 0 fully saturated rings. The van der Waals surface area contributed by atoms with Gasteiger partial charge in [0.25, 0.3) is 0 Å². The molecule has 1 N–H and O–H groups in total. The Balaban J connectivity index is 3.49. The van der Waals surface area contributed by atoms with Gasteiger partial charge in [0.2, 0.25) is 5.43 Å². The van der Waals surface area contributed by atoms with Crippen molar-refractivity contribution in [3.05, 3.63) is 32.7 Å². The number of aromatic nitrogens is 1. The van der Waals surface area contributed by atoms with E-state index in [1.165, 1.54) is 6.20 Å². The highest BCUT2D eigenvalue weighted by molar-refractivity contribution is 6.32. The van der Waals surface area contributed by atoms with Crippen LogP contribution in [-0.2, 0) is 0 Å². The van der Waals surface area contributed by atoms with Gasteiger partial charge in [0.1, 0.15) is 10.7 Å². The number of hydrogen-bond acceptors (Lipinski definition) is 2. The van der Waals surface area contributed by atoms with E-state index >= 15 is 0 Å². The van der Waals surface area contributed by atoms with Crippen LogP contribution in [0.3, 0.4) is 0 Å². The minimum Gasteiger partial charge on any atom is -0.357 e. The van der Waals surface area contributed by atoms with Gasteiger partial charge in [0.05, 0.1) is 0 Å². The Labute approximate surface area is 68.0 Å². The van der Waals surface area contributed by atoms with Crippen LogP contribution in [-0.4, -0.2) is 11.3 Å². The number of pyridine rings is 1. The molecule has 1 aromatic rings. The summed E-state index contributed by atoms with van der Waals surface area (Å²) in [6.07, 6.45) is 1.97. The topological polar surface area (TPSA) is 49.9 Å². The van der Waals surface area contributed by atoms with Crippen LogP contribution in [0.5, 0.6) is 0 Å². The van der Waals surface area contributed by atoms with Crippen molar-refractivity contribution in [1.29, 1.82) is 0 Å². The Hall–Kier alpha value is -1.09. The summed E-state index contributed by atoms with van der Waals surface area (Å²) in [6.45, 7) is 1.62. The molecule has 1 aromatic heterocycles. The second-order valence-corrected chi connectivity index (χ2v) is 2.52. The first-order chi connectivity index (χ1) is 5.16. The lowest BCUT2D eigenvalue weighted by atomic mass is 10.3. The summed E-state index contributed by atoms with van der Waals surface area (Å²) in [5.41, 5.74) is 0.329. The predicted octanol–water partition coefficient (Wildman–Crippen LogP) is 1.15. The van der Waals surface area contributed by atoms with E-state index in [0.717, 1.165) is 0 Å². The van der Waals surface area contributed by atoms with E-state index in [9.17, 15) is 9.59 Å². The van der Waals surface area contributed by atoms with Crippen LogP contribution < -0.4 is 5.43 Å². The Bertz CT molecular complexity index is 343. The molecule has 0 aliphatic carbocycles. The van der Waals surface area contributed by atoms with Crippen molar-refractivity contribution < 1.29 is 4.79 Å². The average Bonchev–Trinajstić information content (AvgIpc) is 2.01. The van der Waals surface area contributed by atoms with E-state index in [1.54, 1.807) is 6.92 Å². The van der Waals surface area contributed by atoms with Gasteiger partial charge in [0.15, 0.2) is 6.29 Å². The van der Waals surface area contributed by atoms with Crippen LogP contribution in [0.15, 0.2) is 11.0 Å². The Kier molecular flexibility index (Phi) is 2.10. The molecule has 0 saturated carbocycles. The minimum absolute atomic E-state index is 0.0417. The zero-order valence-electron chi connectivity index (χ0n) is 5.85. The third-order valence-corrected chi connectivity index (χ3v) is 1.73. The quantitative estimate of drug-likeness (QED) is 0.645. The van der Waals surface area contributed by atoms with E-state index in [-0.39, 0.29) is 16.1 Å². The molecule has 0 unspecified atom stereocenters. The fourth-order valence-corrected chi connectivity index (χ4v) is 0.944. The van der Waals surface area contributed by atoms with E-state index < -0.39 is 0 Å². The molecule has 0 spiro atoms. The molecule has 4 heteroatoms. The third kappa shape index (κ3) is 1.33. The second kappa shape index (κ2) is 2.88. The highest BCUT2D eigenvalue weighted by Gasteiger charge is 2.04. The van der Waals surface area contributed by atoms with Gasteiger partial charge in [-0.2, -0.15) is 0 Å². The van der Waals surface area contributed by atoms with Crippen molar-refractivity contribution in [3.8, 4) is 0 Å². The van der Waals surface area contributed by atoms with Crippen molar-refractivity contribution >= 4 is 17.9 Å². The van der Waals surface area contributed by atoms with Crippen LogP contribution in [0.4, 0.5) is 0 Å². The maximum Gasteiger partial charge on any atom is 0.203 e. The maximum atomic E-state index is 11.0. The predicted molar refractivity (Wildman–Crippen MR) is 42.2 cm³/mol. The van der Waals surface area contributed by atoms with E-state index in [1.807, 2.05) is 0 Å². The molecule has 0 aliphatic rings. The molecule has 0 atom stereocenters. The van der Waals surface area contributed by atoms with Crippen LogP contribution in [0, 0.1) is 6.92 Å². The lowest BCUT2D eigenvalue weighted by molar-refractivity contribution is 0.111. The first-order valence-corrected chi connectivity index (χ1v) is 3.37. The molecule has 0 radical (unpaired) electrons. The highest BCUT2D eigenvalue weighted by Crippen LogP contribution is 2.05. The second-order valence-electron chi connectivity index (χ2n) is 2.15. The monoisotopic (exact) mass is 171 g/mol. The van der Waals surface area contributed by atoms with Crippen molar-refractivity contribution in [1.82, 2.24) is 4.98 Å². The molecule has 0 saturated heterocycles. The normalized spacial score (nSPS) is 9.64. The molecule has 0 aliphatic heterocycles. The number of H-pyrrole nitrogens is 1. The molecule has 1 heterocycles. The summed E-state index contributed by atoms with van der Waals surface area (Å²) < 4.78 is 0. The lowest BCUT2D eigenvalue weighted by Crippen LogP contribution is -2.09. The van der Waals surface area contributed by atoms with Gasteiger partial charge < -0.3 is 4.98 Å². The smallest absolute Gasteiger partial charge is 0.203 e. The van der Waals surface area contributed by atoms with E-state index in [4.69, 9.17) is 11.6 Å². The molecule has 58 valence electrons. The summed E-state index contributed by atoms with van der Waals surface area (Å²) in [6, 6.07) is 0. The van der Waals surface area contributed by atoms with Crippen molar-refractivity contribution in [2.24, 2.45) is 0 Å². The fraction of sp³-hybridized carbons (Fsp3) is 0.143. The van der Waals surface area contributed by atoms with Crippen LogP contribution >= 0.6 is 11.6 Å². The summed E-state index contributed by atoms with van der Waals surface area (Å²) in [5.74, 6) is 0. The summed E-state index contributed by atoms with van der Waals surface area (Å²) in [5, 5.41) is -0.0417. The largest absolute Gasteiger partial charge is 0.357 e. The van der Waals surface area contributed by atoms with Crippen LogP contribution in [0.25, 0.3) is 0 Å². The van der Waals surface area contributed by atoms with Crippen LogP contribution in [0.1, 0.15) is 16.1 Å². The maximum absolute atomic E-state index is 11.0. The summed E-state index contributed by atoms with van der Waals surface area (Å²) in [4.78, 5) is 23.9. The number of carbonyl (C=O) groups excluding carboxylic acids is 1. The number of aryl methyl sites for hydroxylation is 1. The number of aromatic amines is 1.